The van der Waals surface area contributed by atoms with E-state index >= 15 is 0 Å². The molecule has 0 bridgehead atoms. The van der Waals surface area contributed by atoms with E-state index in [-0.39, 0.29) is 23.8 Å². The second-order valence-corrected chi connectivity index (χ2v) is 12.1. The van der Waals surface area contributed by atoms with Gasteiger partial charge in [-0.25, -0.2) is 8.42 Å². The standard InChI is InChI=1S/C24H33N3O3S2/c1-19(21-9-15-27(16-10-21)32(29,30)23-8-5-17-31-23)24(28)25-22-11-13-26(14-12-22)18-20-6-3-2-4-7-20/h2-8,17,19,21-22H,9-16,18H2,1H3,(H,25,28)/t19-/m0/s1. The molecule has 1 N–H and O–H groups in total. The molecule has 1 atom stereocenters. The molecule has 32 heavy (non-hydrogen) atoms. The molecule has 4 rings (SSSR count). The van der Waals surface area contributed by atoms with Crippen LogP contribution in [0.1, 0.15) is 38.2 Å². The molecular formula is C24H33N3O3S2. The Morgan fingerprint density at radius 1 is 1.03 bits per heavy atom. The van der Waals surface area contributed by atoms with Crippen molar-refractivity contribution in [1.82, 2.24) is 14.5 Å². The maximum absolute atomic E-state index is 12.9. The summed E-state index contributed by atoms with van der Waals surface area (Å²) in [5.74, 6) is 0.248. The lowest BCUT2D eigenvalue weighted by molar-refractivity contribution is -0.127. The Kier molecular flexibility index (Phi) is 7.66. The first kappa shape index (κ1) is 23.4. The van der Waals surface area contributed by atoms with E-state index in [2.05, 4.69) is 34.5 Å². The Bertz CT molecular complexity index is 963. The van der Waals surface area contributed by atoms with E-state index < -0.39 is 10.0 Å². The molecule has 0 saturated carbocycles. The fourth-order valence-electron chi connectivity index (χ4n) is 4.78. The van der Waals surface area contributed by atoms with Gasteiger partial charge in [-0.15, -0.1) is 11.3 Å². The fourth-order valence-corrected chi connectivity index (χ4v) is 7.39. The summed E-state index contributed by atoms with van der Waals surface area (Å²) < 4.78 is 27.4. The molecule has 2 fully saturated rings. The molecular weight excluding hydrogens is 442 g/mol. The molecule has 1 aromatic carbocycles. The molecule has 0 unspecified atom stereocenters. The Morgan fingerprint density at radius 2 is 1.72 bits per heavy atom. The first-order chi connectivity index (χ1) is 15.4. The van der Waals surface area contributed by atoms with Crippen LogP contribution in [0, 0.1) is 11.8 Å². The van der Waals surface area contributed by atoms with Crippen molar-refractivity contribution in [3.05, 3.63) is 53.4 Å². The Morgan fingerprint density at radius 3 is 2.34 bits per heavy atom. The molecule has 2 aliphatic rings. The quantitative estimate of drug-likeness (QED) is 0.665. The minimum atomic E-state index is -3.39. The van der Waals surface area contributed by atoms with E-state index in [4.69, 9.17) is 0 Å². The zero-order valence-corrected chi connectivity index (χ0v) is 20.3. The maximum atomic E-state index is 12.9. The second-order valence-electron chi connectivity index (χ2n) is 9.01. The van der Waals surface area contributed by atoms with Crippen LogP contribution in [0.25, 0.3) is 0 Å². The van der Waals surface area contributed by atoms with Crippen LogP contribution >= 0.6 is 11.3 Å². The van der Waals surface area contributed by atoms with Gasteiger partial charge < -0.3 is 5.32 Å². The van der Waals surface area contributed by atoms with Crippen LogP contribution in [0.5, 0.6) is 0 Å². The van der Waals surface area contributed by atoms with Gasteiger partial charge in [0.2, 0.25) is 5.91 Å². The van der Waals surface area contributed by atoms with E-state index in [1.807, 2.05) is 13.0 Å². The largest absolute Gasteiger partial charge is 0.353 e. The van der Waals surface area contributed by atoms with Gasteiger partial charge in [-0.1, -0.05) is 43.3 Å². The third-order valence-electron chi connectivity index (χ3n) is 6.89. The third kappa shape index (κ3) is 5.60. The summed E-state index contributed by atoms with van der Waals surface area (Å²) in [5.41, 5.74) is 1.33. The lowest BCUT2D eigenvalue weighted by atomic mass is 9.85. The maximum Gasteiger partial charge on any atom is 0.252 e. The van der Waals surface area contributed by atoms with E-state index in [9.17, 15) is 13.2 Å². The summed E-state index contributed by atoms with van der Waals surface area (Å²) in [6.07, 6.45) is 3.41. The van der Waals surface area contributed by atoms with Crippen LogP contribution in [-0.4, -0.2) is 55.8 Å². The molecule has 1 aromatic heterocycles. The summed E-state index contributed by atoms with van der Waals surface area (Å²) in [7, 11) is -3.39. The number of nitrogens with one attached hydrogen (secondary N) is 1. The average molecular weight is 476 g/mol. The van der Waals surface area contributed by atoms with Crippen LogP contribution in [0.2, 0.25) is 0 Å². The highest BCUT2D eigenvalue weighted by atomic mass is 32.2. The van der Waals surface area contributed by atoms with Crippen molar-refractivity contribution in [1.29, 1.82) is 0 Å². The van der Waals surface area contributed by atoms with Crippen LogP contribution < -0.4 is 5.32 Å². The molecule has 2 saturated heterocycles. The lowest BCUT2D eigenvalue weighted by Gasteiger charge is -2.35. The molecule has 2 aromatic rings. The number of sulfonamides is 1. The van der Waals surface area contributed by atoms with Gasteiger partial charge in [0.15, 0.2) is 0 Å². The summed E-state index contributed by atoms with van der Waals surface area (Å²) in [4.78, 5) is 15.3. The lowest BCUT2D eigenvalue weighted by Crippen LogP contribution is -2.48. The first-order valence-electron chi connectivity index (χ1n) is 11.5. The number of carbonyl (C=O) groups excluding carboxylic acids is 1. The van der Waals surface area contributed by atoms with Crippen LogP contribution in [0.3, 0.4) is 0 Å². The molecule has 0 aliphatic carbocycles. The van der Waals surface area contributed by atoms with Gasteiger partial charge in [0.1, 0.15) is 4.21 Å². The molecule has 8 heteroatoms. The zero-order chi connectivity index (χ0) is 22.6. The van der Waals surface area contributed by atoms with Gasteiger partial charge in [-0.2, -0.15) is 4.31 Å². The number of rotatable bonds is 7. The van der Waals surface area contributed by atoms with Gasteiger partial charge in [0.05, 0.1) is 0 Å². The highest BCUT2D eigenvalue weighted by Crippen LogP contribution is 2.30. The molecule has 174 valence electrons. The van der Waals surface area contributed by atoms with Crippen molar-refractivity contribution in [2.75, 3.05) is 26.2 Å². The van der Waals surface area contributed by atoms with Crippen molar-refractivity contribution < 1.29 is 13.2 Å². The van der Waals surface area contributed by atoms with Crippen molar-refractivity contribution in [3.8, 4) is 0 Å². The monoisotopic (exact) mass is 475 g/mol. The number of amides is 1. The van der Waals surface area contributed by atoms with E-state index in [0.717, 1.165) is 45.3 Å². The molecule has 6 nitrogen and oxygen atoms in total. The predicted octanol–water partition coefficient (Wildman–Crippen LogP) is 3.57. The predicted molar refractivity (Wildman–Crippen MR) is 128 cm³/mol. The van der Waals surface area contributed by atoms with Gasteiger partial charge in [-0.3, -0.25) is 9.69 Å². The molecule has 2 aliphatic heterocycles. The van der Waals surface area contributed by atoms with E-state index in [1.165, 1.54) is 16.9 Å². The van der Waals surface area contributed by atoms with Crippen LogP contribution in [-0.2, 0) is 21.4 Å². The Balaban J connectivity index is 1.21. The van der Waals surface area contributed by atoms with Gasteiger partial charge in [0.25, 0.3) is 10.0 Å². The van der Waals surface area contributed by atoms with E-state index in [1.54, 1.807) is 21.8 Å². The Hall–Kier alpha value is -1.74. The highest BCUT2D eigenvalue weighted by Gasteiger charge is 2.34. The third-order valence-corrected chi connectivity index (χ3v) is 10.2. The zero-order valence-electron chi connectivity index (χ0n) is 18.7. The minimum Gasteiger partial charge on any atom is -0.353 e. The highest BCUT2D eigenvalue weighted by molar-refractivity contribution is 7.91. The smallest absolute Gasteiger partial charge is 0.252 e. The van der Waals surface area contributed by atoms with Gasteiger partial charge in [0, 0.05) is 44.7 Å². The number of nitrogens with zero attached hydrogens (tertiary/aromatic N) is 2. The summed E-state index contributed by atoms with van der Waals surface area (Å²) in [5, 5.41) is 5.06. The summed E-state index contributed by atoms with van der Waals surface area (Å²) >= 11 is 1.26. The number of benzene rings is 1. The molecule has 3 heterocycles. The first-order valence-corrected chi connectivity index (χ1v) is 13.9. The molecule has 0 radical (unpaired) electrons. The summed E-state index contributed by atoms with van der Waals surface area (Å²) in [6.45, 7) is 5.92. The number of hydrogen-bond donors (Lipinski definition) is 1. The normalized spacial score (nSPS) is 20.8. The van der Waals surface area contributed by atoms with Gasteiger partial charge in [-0.05, 0) is 48.6 Å². The van der Waals surface area contributed by atoms with Gasteiger partial charge >= 0.3 is 0 Å². The van der Waals surface area contributed by atoms with E-state index in [0.29, 0.717) is 17.3 Å². The van der Waals surface area contributed by atoms with Crippen LogP contribution in [0.4, 0.5) is 0 Å². The Labute approximate surface area is 195 Å². The van der Waals surface area contributed by atoms with Crippen molar-refractivity contribution in [2.45, 2.75) is 49.4 Å². The number of piperidine rings is 2. The number of thiophene rings is 1. The second kappa shape index (κ2) is 10.5. The number of hydrogen-bond acceptors (Lipinski definition) is 5. The fraction of sp³-hybridized carbons (Fsp3) is 0.542. The van der Waals surface area contributed by atoms with Crippen molar-refractivity contribution in [2.24, 2.45) is 11.8 Å². The van der Waals surface area contributed by atoms with Crippen LogP contribution in [0.15, 0.2) is 52.1 Å². The SMILES string of the molecule is C[C@H](C(=O)NC1CCN(Cc2ccccc2)CC1)C1CCN(S(=O)(=O)c2cccs2)CC1. The molecule has 1 amide bonds. The summed E-state index contributed by atoms with van der Waals surface area (Å²) in [6, 6.07) is 14.2. The number of carbonyl (C=O) groups is 1. The topological polar surface area (TPSA) is 69.7 Å². The number of likely N-dealkylation sites (tertiary alicyclic amines) is 1. The van der Waals surface area contributed by atoms with Crippen molar-refractivity contribution >= 4 is 27.3 Å². The minimum absolute atomic E-state index is 0.0936. The average Bonchev–Trinajstić information content (AvgIpc) is 3.37. The molecule has 0 spiro atoms. The van der Waals surface area contributed by atoms with Crippen molar-refractivity contribution in [3.63, 3.8) is 0 Å².